The first kappa shape index (κ1) is 11.6. The molecule has 5 heteroatoms. The van der Waals surface area contributed by atoms with Gasteiger partial charge in [0.15, 0.2) is 0 Å². The summed E-state index contributed by atoms with van der Waals surface area (Å²) in [6, 6.07) is 11.3. The number of nitrogens with zero attached hydrogens (tertiary/aromatic N) is 2. The summed E-state index contributed by atoms with van der Waals surface area (Å²) in [5.74, 6) is 0.605. The number of hydrogen-bond acceptors (Lipinski definition) is 2. The predicted molar refractivity (Wildman–Crippen MR) is 77.8 cm³/mol. The second-order valence-electron chi connectivity index (χ2n) is 3.90. The van der Waals surface area contributed by atoms with Crippen LogP contribution in [-0.4, -0.2) is 9.38 Å². The zero-order valence-electron chi connectivity index (χ0n) is 9.27. The predicted octanol–water partition coefficient (Wildman–Crippen LogP) is 4.00. The molecule has 0 saturated heterocycles. The van der Waals surface area contributed by atoms with Crippen LogP contribution >= 0.6 is 27.5 Å². The van der Waals surface area contributed by atoms with Crippen LogP contribution in [-0.2, 0) is 0 Å². The number of fused-ring (bicyclic) bond motifs is 1. The van der Waals surface area contributed by atoms with Crippen molar-refractivity contribution in [2.75, 3.05) is 5.73 Å². The second-order valence-corrected chi connectivity index (χ2v) is 5.19. The van der Waals surface area contributed by atoms with Gasteiger partial charge in [0.05, 0.1) is 0 Å². The van der Waals surface area contributed by atoms with Gasteiger partial charge in [-0.05, 0) is 30.3 Å². The van der Waals surface area contributed by atoms with E-state index in [4.69, 9.17) is 17.3 Å². The number of pyridine rings is 1. The van der Waals surface area contributed by atoms with Gasteiger partial charge in [0.1, 0.15) is 17.2 Å². The third-order valence-corrected chi connectivity index (χ3v) is 3.68. The van der Waals surface area contributed by atoms with E-state index in [-0.39, 0.29) is 0 Å². The minimum atomic E-state index is 0.605. The van der Waals surface area contributed by atoms with Crippen LogP contribution in [0, 0.1) is 0 Å². The Labute approximate surface area is 117 Å². The van der Waals surface area contributed by atoms with Gasteiger partial charge in [-0.2, -0.15) is 0 Å². The number of halogens is 2. The zero-order valence-corrected chi connectivity index (χ0v) is 11.6. The molecule has 3 rings (SSSR count). The Morgan fingerprint density at radius 1 is 1.22 bits per heavy atom. The molecular formula is C13H9BrClN3. The monoisotopic (exact) mass is 321 g/mol. The fourth-order valence-corrected chi connectivity index (χ4v) is 2.50. The molecule has 0 amide bonds. The van der Waals surface area contributed by atoms with Gasteiger partial charge in [-0.25, -0.2) is 4.98 Å². The molecule has 18 heavy (non-hydrogen) atoms. The molecule has 0 saturated carbocycles. The van der Waals surface area contributed by atoms with Gasteiger partial charge in [0, 0.05) is 21.3 Å². The largest absolute Gasteiger partial charge is 0.383 e. The number of anilines is 1. The van der Waals surface area contributed by atoms with E-state index < -0.39 is 0 Å². The number of rotatable bonds is 1. The average molecular weight is 323 g/mol. The van der Waals surface area contributed by atoms with Crippen LogP contribution in [0.25, 0.3) is 16.9 Å². The highest BCUT2D eigenvalue weighted by Crippen LogP contribution is 2.34. The first-order valence-electron chi connectivity index (χ1n) is 5.35. The van der Waals surface area contributed by atoms with Gasteiger partial charge in [-0.1, -0.05) is 33.6 Å². The van der Waals surface area contributed by atoms with Gasteiger partial charge in [0.2, 0.25) is 0 Å². The molecule has 0 aliphatic rings. The highest BCUT2D eigenvalue weighted by atomic mass is 79.9. The molecule has 0 unspecified atom stereocenters. The van der Waals surface area contributed by atoms with Gasteiger partial charge in [0.25, 0.3) is 0 Å². The maximum absolute atomic E-state index is 6.13. The summed E-state index contributed by atoms with van der Waals surface area (Å²) in [5, 5.41) is 0.657. The number of benzene rings is 1. The molecule has 0 atom stereocenters. The van der Waals surface area contributed by atoms with Crippen molar-refractivity contribution in [2.45, 2.75) is 0 Å². The SMILES string of the molecule is Nc1c(-c2cc(Cl)ccc2Br)nc2ccccn12. The van der Waals surface area contributed by atoms with Crippen molar-refractivity contribution >= 4 is 39.0 Å². The van der Waals surface area contributed by atoms with Crippen molar-refractivity contribution < 1.29 is 0 Å². The molecule has 1 aromatic carbocycles. The Bertz CT molecular complexity index is 736. The highest BCUT2D eigenvalue weighted by Gasteiger charge is 2.13. The topological polar surface area (TPSA) is 43.3 Å². The van der Waals surface area contributed by atoms with Crippen LogP contribution < -0.4 is 5.73 Å². The van der Waals surface area contributed by atoms with E-state index in [1.165, 1.54) is 0 Å². The van der Waals surface area contributed by atoms with Gasteiger partial charge in [-0.3, -0.25) is 4.40 Å². The van der Waals surface area contributed by atoms with Gasteiger partial charge in [-0.15, -0.1) is 0 Å². The smallest absolute Gasteiger partial charge is 0.139 e. The Balaban J connectivity index is 2.31. The normalized spacial score (nSPS) is 11.0. The maximum atomic E-state index is 6.13. The first-order chi connectivity index (χ1) is 8.66. The van der Waals surface area contributed by atoms with Crippen molar-refractivity contribution in [3.05, 3.63) is 52.1 Å². The molecule has 2 aromatic heterocycles. The van der Waals surface area contributed by atoms with E-state index in [1.54, 1.807) is 0 Å². The van der Waals surface area contributed by atoms with E-state index in [1.807, 2.05) is 47.0 Å². The van der Waals surface area contributed by atoms with Crippen molar-refractivity contribution in [3.8, 4) is 11.3 Å². The number of imidazole rings is 1. The fourth-order valence-electron chi connectivity index (χ4n) is 1.89. The van der Waals surface area contributed by atoms with Gasteiger partial charge >= 0.3 is 0 Å². The average Bonchev–Trinajstić information content (AvgIpc) is 2.71. The van der Waals surface area contributed by atoms with Crippen molar-refractivity contribution in [2.24, 2.45) is 0 Å². The van der Waals surface area contributed by atoms with Crippen LogP contribution in [0.4, 0.5) is 5.82 Å². The fraction of sp³-hybridized carbons (Fsp3) is 0. The summed E-state index contributed by atoms with van der Waals surface area (Å²) in [6.07, 6.45) is 1.89. The molecular weight excluding hydrogens is 314 g/mol. The number of nitrogen functional groups attached to an aromatic ring is 1. The van der Waals surface area contributed by atoms with E-state index in [2.05, 4.69) is 20.9 Å². The molecule has 0 aliphatic carbocycles. The quantitative estimate of drug-likeness (QED) is 0.736. The summed E-state index contributed by atoms with van der Waals surface area (Å²) in [5.41, 5.74) is 8.57. The van der Waals surface area contributed by atoms with Crippen molar-refractivity contribution in [3.63, 3.8) is 0 Å². The van der Waals surface area contributed by atoms with Crippen LogP contribution in [0.2, 0.25) is 5.02 Å². The van der Waals surface area contributed by atoms with E-state index in [9.17, 15) is 0 Å². The van der Waals surface area contributed by atoms with E-state index in [0.29, 0.717) is 10.8 Å². The lowest BCUT2D eigenvalue weighted by molar-refractivity contribution is 1.20. The van der Waals surface area contributed by atoms with Crippen molar-refractivity contribution in [1.29, 1.82) is 0 Å². The third-order valence-electron chi connectivity index (χ3n) is 2.75. The summed E-state index contributed by atoms with van der Waals surface area (Å²) in [7, 11) is 0. The molecule has 3 nitrogen and oxygen atoms in total. The standard InChI is InChI=1S/C13H9BrClN3/c14-10-5-4-8(15)7-9(10)12-13(16)18-6-2-1-3-11(18)17-12/h1-7H,16H2. The highest BCUT2D eigenvalue weighted by molar-refractivity contribution is 9.10. The molecule has 0 fully saturated rings. The third kappa shape index (κ3) is 1.78. The van der Waals surface area contributed by atoms with Crippen LogP contribution in [0.3, 0.4) is 0 Å². The molecule has 90 valence electrons. The van der Waals surface area contributed by atoms with Crippen LogP contribution in [0.15, 0.2) is 47.1 Å². The van der Waals surface area contributed by atoms with Gasteiger partial charge < -0.3 is 5.73 Å². The molecule has 0 aliphatic heterocycles. The maximum Gasteiger partial charge on any atom is 0.139 e. The Kier molecular flexibility index (Phi) is 2.76. The summed E-state index contributed by atoms with van der Waals surface area (Å²) < 4.78 is 2.77. The van der Waals surface area contributed by atoms with Crippen LogP contribution in [0.5, 0.6) is 0 Å². The lowest BCUT2D eigenvalue weighted by Gasteiger charge is -2.03. The lowest BCUT2D eigenvalue weighted by Crippen LogP contribution is -1.93. The molecule has 3 aromatic rings. The van der Waals surface area contributed by atoms with Crippen LogP contribution in [0.1, 0.15) is 0 Å². The summed E-state index contributed by atoms with van der Waals surface area (Å²) >= 11 is 9.52. The van der Waals surface area contributed by atoms with E-state index >= 15 is 0 Å². The molecule has 2 N–H and O–H groups in total. The number of hydrogen-bond donors (Lipinski definition) is 1. The lowest BCUT2D eigenvalue weighted by atomic mass is 10.1. The number of aromatic nitrogens is 2. The first-order valence-corrected chi connectivity index (χ1v) is 6.52. The molecule has 0 bridgehead atoms. The molecule has 0 spiro atoms. The molecule has 2 heterocycles. The second kappa shape index (κ2) is 4.30. The minimum absolute atomic E-state index is 0.605. The summed E-state index contributed by atoms with van der Waals surface area (Å²) in [4.78, 5) is 4.53. The minimum Gasteiger partial charge on any atom is -0.383 e. The summed E-state index contributed by atoms with van der Waals surface area (Å²) in [6.45, 7) is 0. The zero-order chi connectivity index (χ0) is 12.7. The Hall–Kier alpha value is -1.52. The number of nitrogens with two attached hydrogens (primary N) is 1. The molecule has 0 radical (unpaired) electrons. The van der Waals surface area contributed by atoms with E-state index in [0.717, 1.165) is 21.4 Å². The Morgan fingerprint density at radius 3 is 2.83 bits per heavy atom. The van der Waals surface area contributed by atoms with Crippen molar-refractivity contribution in [1.82, 2.24) is 9.38 Å². The Morgan fingerprint density at radius 2 is 2.06 bits per heavy atom.